The number of aliphatic carboxylic acids is 1. The molecule has 4 aromatic rings. The van der Waals surface area contributed by atoms with Crippen LogP contribution in [0.1, 0.15) is 150 Å². The Hall–Kier alpha value is -1.42. The van der Waals surface area contributed by atoms with Crippen molar-refractivity contribution in [2.45, 2.75) is 165 Å². The minimum absolute atomic E-state index is 0. The predicted octanol–water partition coefficient (Wildman–Crippen LogP) is 8.95. The van der Waals surface area contributed by atoms with Gasteiger partial charge in [-0.1, -0.05) is 90.9 Å². The summed E-state index contributed by atoms with van der Waals surface area (Å²) in [5.41, 5.74) is 0. The monoisotopic (exact) mass is 1290 g/mol. The van der Waals surface area contributed by atoms with E-state index in [9.17, 15) is 40.2 Å². The third-order valence-electron chi connectivity index (χ3n) is 13.3. The molecule has 0 amide bonds. The first-order valence-corrected chi connectivity index (χ1v) is 27.3. The van der Waals surface area contributed by atoms with Crippen LogP contribution in [-0.4, -0.2) is 117 Å². The Morgan fingerprint density at radius 2 is 1.03 bits per heavy atom. The van der Waals surface area contributed by atoms with E-state index in [2.05, 4.69) is 42.5 Å². The molecule has 2 saturated carbocycles. The van der Waals surface area contributed by atoms with Gasteiger partial charge in [-0.05, 0) is 131 Å². The number of aliphatic hydroxyl groups excluding tert-OH is 8. The van der Waals surface area contributed by atoms with Gasteiger partial charge in [0.25, 0.3) is 0 Å². The van der Waals surface area contributed by atoms with E-state index in [1.54, 1.807) is 22.7 Å². The molecule has 0 bridgehead atoms. The second kappa shape index (κ2) is 35.7. The van der Waals surface area contributed by atoms with E-state index in [0.29, 0.717) is 64.4 Å². The minimum Gasteiger partial charge on any atom is -0.481 e. The maximum Gasteiger partial charge on any atom is 0.305 e. The summed E-state index contributed by atoms with van der Waals surface area (Å²) >= 11 is 6.37. The summed E-state index contributed by atoms with van der Waals surface area (Å²) in [4.78, 5) is 24.0. The number of esters is 1. The average Bonchev–Trinajstić information content (AvgIpc) is 4.11. The van der Waals surface area contributed by atoms with Crippen molar-refractivity contribution >= 4 is 79.1 Å². The van der Waals surface area contributed by atoms with Crippen LogP contribution in [0.3, 0.4) is 0 Å². The third-order valence-corrected chi connectivity index (χ3v) is 16.3. The van der Waals surface area contributed by atoms with Crippen LogP contribution >= 0.6 is 38.6 Å². The number of ether oxygens (including phenoxy) is 1. The van der Waals surface area contributed by atoms with E-state index in [-0.39, 0.29) is 80.4 Å². The van der Waals surface area contributed by atoms with E-state index in [1.807, 2.05) is 42.5 Å². The fourth-order valence-electron chi connectivity index (χ4n) is 9.67. The number of halogens is 1. The number of benzene rings is 2. The van der Waals surface area contributed by atoms with Crippen LogP contribution in [0, 0.1) is 54.8 Å². The zero-order valence-corrected chi connectivity index (χ0v) is 47.4. The number of alkyl halides is 1. The summed E-state index contributed by atoms with van der Waals surface area (Å²) in [6.45, 7) is 0.599. The molecular formula is C52H78BBrO12S2U. The first-order chi connectivity index (χ1) is 33.4. The van der Waals surface area contributed by atoms with Crippen LogP contribution in [0.15, 0.2) is 60.7 Å². The fraction of sp³-hybridized carbons (Fsp3) is 0.654. The summed E-state index contributed by atoms with van der Waals surface area (Å²) in [5, 5.41) is 91.8. The minimum atomic E-state index is -0.753. The molecule has 384 valence electrons. The van der Waals surface area contributed by atoms with Crippen LogP contribution in [0.25, 0.3) is 20.2 Å². The number of thiophene rings is 2. The summed E-state index contributed by atoms with van der Waals surface area (Å²) in [5.74, 6) is -0.845. The first-order valence-electron chi connectivity index (χ1n) is 25.1. The number of carbonyl (C=O) groups excluding carboxylic acids is 1. The molecule has 2 radical (unpaired) electrons. The first kappa shape index (κ1) is 61.9. The van der Waals surface area contributed by atoms with Gasteiger partial charge in [0.1, 0.15) is 0 Å². The Morgan fingerprint density at radius 3 is 1.42 bits per heavy atom. The van der Waals surface area contributed by atoms with Gasteiger partial charge in [0, 0.05) is 96.5 Å². The van der Waals surface area contributed by atoms with Crippen LogP contribution in [0.2, 0.25) is 0 Å². The van der Waals surface area contributed by atoms with Crippen molar-refractivity contribution in [2.75, 3.05) is 25.2 Å². The topological polar surface area (TPSA) is 225 Å². The Labute approximate surface area is 452 Å². The molecule has 0 unspecified atom stereocenters. The van der Waals surface area contributed by atoms with Crippen LogP contribution in [-0.2, 0) is 14.3 Å². The Kier molecular flexibility index (Phi) is 32.0. The Morgan fingerprint density at radius 1 is 0.623 bits per heavy atom. The van der Waals surface area contributed by atoms with Gasteiger partial charge in [0.2, 0.25) is 0 Å². The van der Waals surface area contributed by atoms with Crippen molar-refractivity contribution in [2.24, 2.45) is 23.7 Å². The molecule has 6 rings (SSSR count). The average molecular weight is 1290 g/mol. The van der Waals surface area contributed by atoms with Crippen molar-refractivity contribution in [1.29, 1.82) is 1.34 Å². The van der Waals surface area contributed by atoms with Gasteiger partial charge in [-0.2, -0.15) is 0 Å². The van der Waals surface area contributed by atoms with Crippen LogP contribution < -0.4 is 0 Å². The van der Waals surface area contributed by atoms with Crippen molar-refractivity contribution in [1.82, 2.24) is 0 Å². The number of aliphatic hydroxyl groups is 8. The molecule has 2 aliphatic carbocycles. The van der Waals surface area contributed by atoms with Gasteiger partial charge in [-0.15, -0.1) is 22.7 Å². The molecule has 2 fully saturated rings. The molecule has 10 atom stereocenters. The van der Waals surface area contributed by atoms with Crippen LogP contribution in [0.5, 0.6) is 0 Å². The molecule has 17 heteroatoms. The Bertz CT molecular complexity index is 1930. The predicted molar refractivity (Wildman–Crippen MR) is 278 cm³/mol. The van der Waals surface area contributed by atoms with E-state index in [4.69, 9.17) is 21.4 Å². The second-order valence-electron chi connectivity index (χ2n) is 18.3. The van der Waals surface area contributed by atoms with Crippen LogP contribution in [0.4, 0.5) is 0 Å². The summed E-state index contributed by atoms with van der Waals surface area (Å²) < 4.78 is 12.6. The maximum atomic E-state index is 11.6. The molecule has 2 aromatic carbocycles. The number of carboxylic acid groups (broad SMARTS) is 1. The number of unbranched alkanes of at least 4 members (excludes halogenated alkanes) is 6. The van der Waals surface area contributed by atoms with Gasteiger partial charge >= 0.3 is 11.9 Å². The molecule has 2 heterocycles. The van der Waals surface area contributed by atoms with E-state index >= 15 is 0 Å². The molecule has 12 nitrogen and oxygen atoms in total. The standard InChI is InChI=1S/C26H38O6S.C23H32O5S.C3H7BrO.BH.U/c27-14-7-15-32-26(31)11-4-2-1-3-9-19-20(23(30)17-22(19)29)12-13-21(28)25-16-18-8-5-6-10-24(18)33-25;24-18(22-13-15-7-5-6-9-21(15)29-22)12-11-17-16(19(25)14-20(17)26)8-3-1-2-4-10-23(27)28;4-2-1-3-5;;/h5-6,8,10,16,19-23,27-30H,1-4,7,9,11-15,17H2;5-7,9,13,16-20,24-26H,1-4,8,10-12,14H2,(H,27,28);5H,1-3H2;1H;/t19-,20-,21-,22+,23-;16-,17-,18-,19+,20-;;;/m11.../s1/i;;;1D;. The van der Waals surface area contributed by atoms with E-state index < -0.39 is 42.6 Å². The second-order valence-corrected chi connectivity index (χ2v) is 21.3. The molecule has 69 heavy (non-hydrogen) atoms. The van der Waals surface area contributed by atoms with Crippen molar-refractivity contribution in [3.8, 4) is 0 Å². The maximum absolute atomic E-state index is 11.6. The summed E-state index contributed by atoms with van der Waals surface area (Å²) in [6, 6.07) is 20.3. The largest absolute Gasteiger partial charge is 0.481 e. The van der Waals surface area contributed by atoms with Gasteiger partial charge in [-0.25, -0.2) is 0 Å². The molecule has 0 spiro atoms. The number of hydrogen-bond acceptors (Lipinski definition) is 13. The fourth-order valence-corrected chi connectivity index (χ4v) is 12.1. The van der Waals surface area contributed by atoms with Gasteiger partial charge in [0.05, 0.1) is 43.2 Å². The summed E-state index contributed by atoms with van der Waals surface area (Å²) in [6.07, 6.45) is 11.0. The molecule has 2 aliphatic rings. The van der Waals surface area contributed by atoms with Crippen molar-refractivity contribution in [3.63, 3.8) is 0 Å². The Balaban J connectivity index is 0.000000421. The molecule has 9 N–H and O–H groups in total. The van der Waals surface area contributed by atoms with Gasteiger partial charge < -0.3 is 50.7 Å². The third kappa shape index (κ3) is 22.3. The summed E-state index contributed by atoms with van der Waals surface area (Å²) in [7, 11) is 3.75. The zero-order valence-electron chi connectivity index (χ0n) is 41.0. The van der Waals surface area contributed by atoms with Gasteiger partial charge in [-0.3, -0.25) is 9.59 Å². The number of carbonyl (C=O) groups is 2. The number of fused-ring (bicyclic) bond motifs is 2. The molecule has 2 aromatic heterocycles. The number of carboxylic acids is 1. The zero-order chi connectivity index (χ0) is 50.6. The van der Waals surface area contributed by atoms with Crippen molar-refractivity contribution in [3.05, 3.63) is 70.4 Å². The van der Waals surface area contributed by atoms with Gasteiger partial charge in [0.15, 0.2) is 0 Å². The smallest absolute Gasteiger partial charge is 0.305 e. The molecule has 0 aliphatic heterocycles. The SMILES string of the molecule is O=C(CCCCCC[C@@H]1[C@@H](CC[C@@H](O)c2cc3ccccc3s2)[C@H](O)C[C@@H]1O)OCCCO.O=C(O)CCCCCC[C@@H]1[C@@H](CC[C@@H](O)c2cc3ccccc3s2)[C@H](O)C[C@@H]1O.OCCCBr.[2H][B].[U]. The van der Waals surface area contributed by atoms with E-state index in [0.717, 1.165) is 90.1 Å². The molecule has 0 saturated heterocycles. The van der Waals surface area contributed by atoms with E-state index in [1.165, 1.54) is 9.40 Å². The number of rotatable bonds is 27. The number of hydrogen-bond donors (Lipinski definition) is 9. The quantitative estimate of drug-likeness (QED) is 0.0118. The van der Waals surface area contributed by atoms with Crippen molar-refractivity contribution < 1.29 is 91.4 Å². The molecular weight excluding hydrogens is 1210 g/mol. The normalized spacial score (nSPS) is 22.8.